The lowest BCUT2D eigenvalue weighted by Gasteiger charge is -2.22. The zero-order valence-corrected chi connectivity index (χ0v) is 18.6. The minimum atomic E-state index is -3.44. The van der Waals surface area contributed by atoms with Crippen LogP contribution < -0.4 is 19.1 Å². The number of anilines is 1. The van der Waals surface area contributed by atoms with Crippen LogP contribution in [0.4, 0.5) is 5.69 Å². The lowest BCUT2D eigenvalue weighted by Crippen LogP contribution is -2.32. The number of amides is 1. The molecule has 0 aliphatic heterocycles. The first-order chi connectivity index (χ1) is 14.3. The lowest BCUT2D eigenvalue weighted by molar-refractivity contribution is -0.121. The minimum absolute atomic E-state index is 0.0850. The number of hydrogen-bond donors (Lipinski definition) is 1. The first kappa shape index (κ1) is 23.5. The fourth-order valence-electron chi connectivity index (χ4n) is 3.12. The van der Waals surface area contributed by atoms with Crippen molar-refractivity contribution in [2.24, 2.45) is 0 Å². The van der Waals surface area contributed by atoms with Crippen molar-refractivity contribution < 1.29 is 22.7 Å². The molecule has 0 saturated carbocycles. The van der Waals surface area contributed by atoms with E-state index in [0.717, 1.165) is 30.4 Å². The molecule has 0 saturated heterocycles. The summed E-state index contributed by atoms with van der Waals surface area (Å²) in [5, 5.41) is 2.89. The van der Waals surface area contributed by atoms with Crippen LogP contribution in [-0.4, -0.2) is 47.9 Å². The maximum Gasteiger partial charge on any atom is 0.232 e. The van der Waals surface area contributed by atoms with Gasteiger partial charge in [-0.1, -0.05) is 18.2 Å². The summed E-state index contributed by atoms with van der Waals surface area (Å²) in [6.45, 7) is 0.797. The average molecular weight is 435 g/mol. The van der Waals surface area contributed by atoms with E-state index < -0.39 is 10.0 Å². The molecule has 8 heteroatoms. The molecule has 0 aliphatic rings. The molecule has 7 nitrogen and oxygen atoms in total. The smallest absolute Gasteiger partial charge is 0.232 e. The number of rotatable bonds is 12. The quantitative estimate of drug-likeness (QED) is 0.519. The summed E-state index contributed by atoms with van der Waals surface area (Å²) in [5.74, 6) is 1.42. The minimum Gasteiger partial charge on any atom is -0.497 e. The SMILES string of the molecule is COc1ccc(N(CCCC(=O)NCCCc2ccccc2OC)S(C)(=O)=O)cc1. The summed E-state index contributed by atoms with van der Waals surface area (Å²) in [5.41, 5.74) is 1.66. The molecule has 0 fully saturated rings. The molecule has 0 aromatic heterocycles. The lowest BCUT2D eigenvalue weighted by atomic mass is 10.1. The Labute approximate surface area is 179 Å². The number of nitrogens with zero attached hydrogens (tertiary/aromatic N) is 1. The van der Waals surface area contributed by atoms with E-state index in [1.54, 1.807) is 38.5 Å². The zero-order chi connectivity index (χ0) is 22.0. The molecule has 0 atom stereocenters. The van der Waals surface area contributed by atoms with E-state index in [1.807, 2.05) is 24.3 Å². The third kappa shape index (κ3) is 7.26. The van der Waals surface area contributed by atoms with Crippen molar-refractivity contribution >= 4 is 21.6 Å². The third-order valence-electron chi connectivity index (χ3n) is 4.66. The molecule has 0 heterocycles. The van der Waals surface area contributed by atoms with Crippen molar-refractivity contribution in [3.05, 3.63) is 54.1 Å². The molecule has 2 aromatic rings. The Morgan fingerprint density at radius 2 is 1.70 bits per heavy atom. The molecule has 0 bridgehead atoms. The van der Waals surface area contributed by atoms with E-state index in [2.05, 4.69) is 5.32 Å². The van der Waals surface area contributed by atoms with Crippen LogP contribution in [0.5, 0.6) is 11.5 Å². The Morgan fingerprint density at radius 1 is 1.00 bits per heavy atom. The summed E-state index contributed by atoms with van der Waals surface area (Å²) in [6.07, 6.45) is 3.46. The standard InChI is InChI=1S/C22H30N2O5S/c1-28-20-14-12-19(13-15-20)24(30(3,26)27)17-7-11-22(25)23-16-6-9-18-8-4-5-10-21(18)29-2/h4-5,8,10,12-15H,6-7,9,11,16-17H2,1-3H3,(H,23,25). The first-order valence-corrected chi connectivity index (χ1v) is 11.7. The van der Waals surface area contributed by atoms with Gasteiger partial charge in [0.15, 0.2) is 0 Å². The van der Waals surface area contributed by atoms with Gasteiger partial charge in [0.1, 0.15) is 11.5 Å². The number of nitrogens with one attached hydrogen (secondary N) is 1. The number of carbonyl (C=O) groups excluding carboxylic acids is 1. The largest absolute Gasteiger partial charge is 0.497 e. The van der Waals surface area contributed by atoms with E-state index in [1.165, 1.54) is 4.31 Å². The molecule has 0 aliphatic carbocycles. The predicted molar refractivity (Wildman–Crippen MR) is 119 cm³/mol. The monoisotopic (exact) mass is 434 g/mol. The molecule has 0 unspecified atom stereocenters. The van der Waals surface area contributed by atoms with Gasteiger partial charge in [-0.05, 0) is 55.2 Å². The van der Waals surface area contributed by atoms with Gasteiger partial charge in [0, 0.05) is 19.5 Å². The zero-order valence-electron chi connectivity index (χ0n) is 17.8. The van der Waals surface area contributed by atoms with Gasteiger partial charge in [0.05, 0.1) is 26.2 Å². The van der Waals surface area contributed by atoms with Crippen LogP contribution in [0.15, 0.2) is 48.5 Å². The van der Waals surface area contributed by atoms with Gasteiger partial charge >= 0.3 is 0 Å². The Morgan fingerprint density at radius 3 is 2.33 bits per heavy atom. The second-order valence-electron chi connectivity index (χ2n) is 6.90. The van der Waals surface area contributed by atoms with Gasteiger partial charge in [0.2, 0.25) is 15.9 Å². The summed E-state index contributed by atoms with van der Waals surface area (Å²) >= 11 is 0. The van der Waals surface area contributed by atoms with Crippen molar-refractivity contribution in [1.29, 1.82) is 0 Å². The molecule has 2 rings (SSSR count). The van der Waals surface area contributed by atoms with Crippen LogP contribution in [0.25, 0.3) is 0 Å². The molecule has 0 spiro atoms. The summed E-state index contributed by atoms with van der Waals surface area (Å²) in [4.78, 5) is 12.1. The molecule has 0 radical (unpaired) electrons. The summed E-state index contributed by atoms with van der Waals surface area (Å²) in [6, 6.07) is 14.6. The van der Waals surface area contributed by atoms with Crippen molar-refractivity contribution in [2.75, 3.05) is 37.9 Å². The number of carbonyl (C=O) groups is 1. The van der Waals surface area contributed by atoms with E-state index in [4.69, 9.17) is 9.47 Å². The van der Waals surface area contributed by atoms with Crippen molar-refractivity contribution in [3.63, 3.8) is 0 Å². The van der Waals surface area contributed by atoms with Gasteiger partial charge in [-0.2, -0.15) is 0 Å². The molecule has 1 N–H and O–H groups in total. The fraction of sp³-hybridized carbons (Fsp3) is 0.409. The maximum atomic E-state index is 12.1. The number of benzene rings is 2. The fourth-order valence-corrected chi connectivity index (χ4v) is 4.09. The average Bonchev–Trinajstić information content (AvgIpc) is 2.74. The van der Waals surface area contributed by atoms with Gasteiger partial charge in [0.25, 0.3) is 0 Å². The second-order valence-corrected chi connectivity index (χ2v) is 8.81. The summed E-state index contributed by atoms with van der Waals surface area (Å²) < 4.78 is 36.0. The van der Waals surface area contributed by atoms with Gasteiger partial charge in [-0.3, -0.25) is 9.10 Å². The first-order valence-electron chi connectivity index (χ1n) is 9.85. The van der Waals surface area contributed by atoms with E-state index in [9.17, 15) is 13.2 Å². The number of ether oxygens (including phenoxy) is 2. The number of sulfonamides is 1. The van der Waals surface area contributed by atoms with Crippen LogP contribution >= 0.6 is 0 Å². The van der Waals surface area contributed by atoms with Crippen molar-refractivity contribution in [2.45, 2.75) is 25.7 Å². The van der Waals surface area contributed by atoms with E-state index >= 15 is 0 Å². The van der Waals surface area contributed by atoms with Crippen LogP contribution in [-0.2, 0) is 21.2 Å². The predicted octanol–water partition coefficient (Wildman–Crippen LogP) is 3.00. The van der Waals surface area contributed by atoms with Gasteiger partial charge < -0.3 is 14.8 Å². The Bertz CT molecular complexity index is 913. The Kier molecular flexibility index (Phi) is 8.98. The summed E-state index contributed by atoms with van der Waals surface area (Å²) in [7, 11) is -0.246. The van der Waals surface area contributed by atoms with Gasteiger partial charge in [-0.25, -0.2) is 8.42 Å². The highest BCUT2D eigenvalue weighted by Gasteiger charge is 2.17. The molecule has 1 amide bonds. The molecule has 2 aromatic carbocycles. The van der Waals surface area contributed by atoms with Crippen LogP contribution in [0.2, 0.25) is 0 Å². The highest BCUT2D eigenvalue weighted by molar-refractivity contribution is 7.92. The van der Waals surface area contributed by atoms with E-state index in [0.29, 0.717) is 24.4 Å². The number of aryl methyl sites for hydroxylation is 1. The Balaban J connectivity index is 1.77. The second kappa shape index (κ2) is 11.4. The van der Waals surface area contributed by atoms with Crippen molar-refractivity contribution in [1.82, 2.24) is 5.32 Å². The highest BCUT2D eigenvalue weighted by Crippen LogP contribution is 2.22. The maximum absolute atomic E-state index is 12.1. The molecule has 164 valence electrons. The third-order valence-corrected chi connectivity index (χ3v) is 5.86. The number of methoxy groups -OCH3 is 2. The number of para-hydroxylation sites is 1. The molecular weight excluding hydrogens is 404 g/mol. The highest BCUT2D eigenvalue weighted by atomic mass is 32.2. The van der Waals surface area contributed by atoms with Crippen LogP contribution in [0.3, 0.4) is 0 Å². The number of hydrogen-bond acceptors (Lipinski definition) is 5. The van der Waals surface area contributed by atoms with Gasteiger partial charge in [-0.15, -0.1) is 0 Å². The topological polar surface area (TPSA) is 84.9 Å². The normalized spacial score (nSPS) is 11.0. The van der Waals surface area contributed by atoms with Crippen molar-refractivity contribution in [3.8, 4) is 11.5 Å². The van der Waals surface area contributed by atoms with Crippen LogP contribution in [0.1, 0.15) is 24.8 Å². The molecular formula is C22H30N2O5S. The van der Waals surface area contributed by atoms with Crippen LogP contribution in [0, 0.1) is 0 Å². The van der Waals surface area contributed by atoms with E-state index in [-0.39, 0.29) is 18.9 Å². The Hall–Kier alpha value is -2.74. The molecule has 30 heavy (non-hydrogen) atoms.